The van der Waals surface area contributed by atoms with Crippen LogP contribution in [0.15, 0.2) is 34.4 Å². The van der Waals surface area contributed by atoms with Crippen LogP contribution in [0.4, 0.5) is 0 Å². The molecule has 0 aromatic heterocycles. The lowest BCUT2D eigenvalue weighted by Gasteiger charge is -2.13. The molecule has 0 amide bonds. The van der Waals surface area contributed by atoms with Crippen LogP contribution in [0.1, 0.15) is 40.0 Å². The van der Waals surface area contributed by atoms with E-state index in [9.17, 15) is 9.59 Å². The van der Waals surface area contributed by atoms with Gasteiger partial charge < -0.3 is 4.74 Å². The Kier molecular flexibility index (Phi) is 3.50. The molecule has 2 rings (SSSR count). The molecule has 0 saturated carbocycles. The van der Waals surface area contributed by atoms with Crippen molar-refractivity contribution in [3.63, 3.8) is 0 Å². The largest absolute Gasteiger partial charge is 0.450 e. The average Bonchev–Trinajstić information content (AvgIpc) is 2.53. The minimum Gasteiger partial charge on any atom is -0.450 e. The van der Waals surface area contributed by atoms with Crippen LogP contribution in [0, 0.1) is 0 Å². The zero-order valence-corrected chi connectivity index (χ0v) is 11.1. The maximum absolute atomic E-state index is 12.2. The van der Waals surface area contributed by atoms with Crippen LogP contribution in [-0.2, 0) is 14.3 Å². The summed E-state index contributed by atoms with van der Waals surface area (Å²) in [7, 11) is 0. The lowest BCUT2D eigenvalue weighted by molar-refractivity contribution is -0.138. The van der Waals surface area contributed by atoms with Crippen LogP contribution in [0.25, 0.3) is 0 Å². The van der Waals surface area contributed by atoms with E-state index >= 15 is 0 Å². The third-order valence-corrected chi connectivity index (χ3v) is 3.44. The number of esters is 1. The van der Waals surface area contributed by atoms with Gasteiger partial charge in [0.05, 0.1) is 0 Å². The van der Waals surface area contributed by atoms with E-state index in [1.165, 1.54) is 0 Å². The molecule has 0 aromatic rings. The van der Waals surface area contributed by atoms with Crippen molar-refractivity contribution in [2.45, 2.75) is 46.1 Å². The van der Waals surface area contributed by atoms with Crippen molar-refractivity contribution in [2.75, 3.05) is 0 Å². The Balaban J connectivity index is 2.43. The Hall–Kier alpha value is -1.64. The summed E-state index contributed by atoms with van der Waals surface area (Å²) in [5, 5.41) is 0. The topological polar surface area (TPSA) is 43.4 Å². The molecule has 0 aromatic carbocycles. The van der Waals surface area contributed by atoms with Gasteiger partial charge in [-0.15, -0.1) is 0 Å². The number of allylic oxidation sites excluding steroid dienone is 3. The Morgan fingerprint density at radius 3 is 2.61 bits per heavy atom. The summed E-state index contributed by atoms with van der Waals surface area (Å²) < 4.78 is 5.26. The summed E-state index contributed by atoms with van der Waals surface area (Å²) in [4.78, 5) is 23.8. The summed E-state index contributed by atoms with van der Waals surface area (Å²) in [5.74, 6) is -0.365. The van der Waals surface area contributed by atoms with E-state index in [1.54, 1.807) is 6.92 Å². The third-order valence-electron chi connectivity index (χ3n) is 3.44. The maximum Gasteiger partial charge on any atom is 0.335 e. The molecule has 1 aliphatic heterocycles. The van der Waals surface area contributed by atoms with E-state index in [2.05, 4.69) is 6.08 Å². The summed E-state index contributed by atoms with van der Waals surface area (Å²) in [5.41, 5.74) is 3.21. The second-order valence-electron chi connectivity index (χ2n) is 5.07. The number of carbonyl (C=O) groups is 2. The van der Waals surface area contributed by atoms with Crippen molar-refractivity contribution in [3.8, 4) is 0 Å². The molecule has 0 saturated heterocycles. The highest BCUT2D eigenvalue weighted by Gasteiger charge is 2.34. The fourth-order valence-electron chi connectivity index (χ4n) is 2.38. The van der Waals surface area contributed by atoms with Gasteiger partial charge in [0.1, 0.15) is 6.10 Å². The summed E-state index contributed by atoms with van der Waals surface area (Å²) in [6, 6.07) is 0. The van der Waals surface area contributed by atoms with E-state index in [-0.39, 0.29) is 11.8 Å². The molecular weight excluding hydrogens is 228 g/mol. The van der Waals surface area contributed by atoms with Crippen molar-refractivity contribution in [2.24, 2.45) is 0 Å². The van der Waals surface area contributed by atoms with Crippen LogP contribution in [0.2, 0.25) is 0 Å². The van der Waals surface area contributed by atoms with Gasteiger partial charge in [0.2, 0.25) is 0 Å². The quantitative estimate of drug-likeness (QED) is 0.487. The van der Waals surface area contributed by atoms with E-state index in [0.717, 1.165) is 24.0 Å². The SMILES string of the molecule is CC1=C2C(=O)C/C(C)=C/CC/C(C)=C/[C@@H]2OC1=O. The van der Waals surface area contributed by atoms with Gasteiger partial charge in [0.25, 0.3) is 0 Å². The zero-order valence-electron chi connectivity index (χ0n) is 11.1. The van der Waals surface area contributed by atoms with Crippen molar-refractivity contribution >= 4 is 11.8 Å². The molecule has 96 valence electrons. The molecule has 0 N–H and O–H groups in total. The summed E-state index contributed by atoms with van der Waals surface area (Å²) in [6.45, 7) is 5.64. The maximum atomic E-state index is 12.2. The number of carbonyl (C=O) groups excluding carboxylic acids is 2. The van der Waals surface area contributed by atoms with Gasteiger partial charge in [-0.2, -0.15) is 0 Å². The summed E-state index contributed by atoms with van der Waals surface area (Å²) in [6.07, 6.45) is 5.77. The smallest absolute Gasteiger partial charge is 0.335 e. The Morgan fingerprint density at radius 1 is 1.17 bits per heavy atom. The van der Waals surface area contributed by atoms with Gasteiger partial charge in [0, 0.05) is 17.6 Å². The molecule has 0 bridgehead atoms. The van der Waals surface area contributed by atoms with E-state index in [4.69, 9.17) is 4.74 Å². The lowest BCUT2D eigenvalue weighted by atomic mass is 9.93. The van der Waals surface area contributed by atoms with Crippen molar-refractivity contribution < 1.29 is 14.3 Å². The molecule has 0 fully saturated rings. The molecule has 1 atom stereocenters. The van der Waals surface area contributed by atoms with Crippen LogP contribution < -0.4 is 0 Å². The van der Waals surface area contributed by atoms with Gasteiger partial charge in [-0.05, 0) is 39.7 Å². The number of rotatable bonds is 0. The molecule has 0 unspecified atom stereocenters. The molecule has 0 spiro atoms. The molecule has 18 heavy (non-hydrogen) atoms. The second kappa shape index (κ2) is 4.92. The highest BCUT2D eigenvalue weighted by molar-refractivity contribution is 6.08. The molecule has 3 heteroatoms. The van der Waals surface area contributed by atoms with Gasteiger partial charge in [-0.25, -0.2) is 4.79 Å². The monoisotopic (exact) mass is 246 g/mol. The lowest BCUT2D eigenvalue weighted by Crippen LogP contribution is -2.16. The Labute approximate surface area is 107 Å². The first kappa shape index (κ1) is 12.8. The van der Waals surface area contributed by atoms with E-state index in [1.807, 2.05) is 19.9 Å². The highest BCUT2D eigenvalue weighted by Crippen LogP contribution is 2.28. The van der Waals surface area contributed by atoms with Crippen LogP contribution in [-0.4, -0.2) is 17.9 Å². The molecule has 1 aliphatic carbocycles. The number of Topliss-reactive ketones (excluding diaryl/α,β-unsaturated/α-hetero) is 1. The number of fused-ring (bicyclic) bond motifs is 1. The fraction of sp³-hybridized carbons (Fsp3) is 0.467. The average molecular weight is 246 g/mol. The molecule has 2 aliphatic rings. The minimum absolute atomic E-state index is 0.00282. The summed E-state index contributed by atoms with van der Waals surface area (Å²) >= 11 is 0. The van der Waals surface area contributed by atoms with Gasteiger partial charge in [0.15, 0.2) is 5.78 Å². The number of hydrogen-bond donors (Lipinski definition) is 0. The number of ether oxygens (including phenoxy) is 1. The molecular formula is C15H18O3. The Morgan fingerprint density at radius 2 is 1.89 bits per heavy atom. The van der Waals surface area contributed by atoms with E-state index in [0.29, 0.717) is 17.6 Å². The Bertz CT molecular complexity index is 492. The minimum atomic E-state index is -0.476. The predicted octanol–water partition coefficient (Wildman–Crippen LogP) is 2.87. The normalized spacial score (nSPS) is 31.2. The van der Waals surface area contributed by atoms with Gasteiger partial charge in [-0.1, -0.05) is 17.2 Å². The van der Waals surface area contributed by atoms with Crippen LogP contribution in [0.5, 0.6) is 0 Å². The number of ketones is 1. The molecule has 0 radical (unpaired) electrons. The highest BCUT2D eigenvalue weighted by atomic mass is 16.5. The van der Waals surface area contributed by atoms with Crippen LogP contribution in [0.3, 0.4) is 0 Å². The van der Waals surface area contributed by atoms with Gasteiger partial charge >= 0.3 is 5.97 Å². The first-order chi connectivity index (χ1) is 8.49. The van der Waals surface area contributed by atoms with Crippen molar-refractivity contribution in [3.05, 3.63) is 34.4 Å². The van der Waals surface area contributed by atoms with Crippen molar-refractivity contribution in [1.29, 1.82) is 0 Å². The fourth-order valence-corrected chi connectivity index (χ4v) is 2.38. The molecule has 1 heterocycles. The first-order valence-corrected chi connectivity index (χ1v) is 6.27. The number of hydrogen-bond acceptors (Lipinski definition) is 3. The van der Waals surface area contributed by atoms with Crippen molar-refractivity contribution in [1.82, 2.24) is 0 Å². The molecule has 3 nitrogen and oxygen atoms in total. The van der Waals surface area contributed by atoms with E-state index < -0.39 is 6.10 Å². The van der Waals surface area contributed by atoms with Gasteiger partial charge in [-0.3, -0.25) is 4.79 Å². The third kappa shape index (κ3) is 2.45. The zero-order chi connectivity index (χ0) is 13.3. The first-order valence-electron chi connectivity index (χ1n) is 6.27. The standard InChI is InChI=1S/C15H18O3/c1-9-5-4-6-10(2)8-13-14(12(16)7-9)11(3)15(17)18-13/h5,8,13H,4,6-7H2,1-3H3/b9-5+,10-8+/t13-/m0/s1. The van der Waals surface area contributed by atoms with Crippen LogP contribution >= 0.6 is 0 Å². The second-order valence-corrected chi connectivity index (χ2v) is 5.07. The predicted molar refractivity (Wildman–Crippen MR) is 69.0 cm³/mol.